The molecule has 0 saturated carbocycles. The lowest BCUT2D eigenvalue weighted by molar-refractivity contribution is 0.0500. The first-order valence-electron chi connectivity index (χ1n) is 7.33. The number of aromatic nitrogens is 2. The van der Waals surface area contributed by atoms with Crippen molar-refractivity contribution in [2.75, 3.05) is 6.61 Å². The molecule has 0 aliphatic rings. The van der Waals surface area contributed by atoms with Gasteiger partial charge in [-0.15, -0.1) is 0 Å². The second-order valence-corrected chi connectivity index (χ2v) is 6.08. The molecule has 2 aromatic rings. The fraction of sp³-hybridized carbons (Fsp3) is 0.412. The summed E-state index contributed by atoms with van der Waals surface area (Å²) in [7, 11) is 0. The van der Waals surface area contributed by atoms with Crippen LogP contribution in [0, 0.1) is 6.92 Å². The minimum atomic E-state index is -0.433. The summed E-state index contributed by atoms with van der Waals surface area (Å²) < 4.78 is 12.6. The Morgan fingerprint density at radius 1 is 1.32 bits per heavy atom. The lowest BCUT2D eigenvalue weighted by Gasteiger charge is -2.21. The molecular weight excluding hydrogens is 280 g/mol. The highest BCUT2D eigenvalue weighted by atomic mass is 16.5. The lowest BCUT2D eigenvalue weighted by Crippen LogP contribution is -2.28. The molecule has 0 aliphatic heterocycles. The van der Waals surface area contributed by atoms with E-state index in [1.165, 1.54) is 0 Å². The van der Waals surface area contributed by atoms with Gasteiger partial charge in [0.15, 0.2) is 11.4 Å². The van der Waals surface area contributed by atoms with Crippen LogP contribution in [0.1, 0.15) is 43.7 Å². The Bertz CT molecular complexity index is 669. The molecule has 0 atom stereocenters. The van der Waals surface area contributed by atoms with Gasteiger partial charge >= 0.3 is 5.97 Å². The number of aryl methyl sites for hydroxylation is 1. The van der Waals surface area contributed by atoms with Gasteiger partial charge in [-0.05, 0) is 52.3 Å². The van der Waals surface area contributed by atoms with Gasteiger partial charge in [0.05, 0.1) is 18.3 Å². The van der Waals surface area contributed by atoms with Crippen molar-refractivity contribution in [1.29, 1.82) is 0 Å². The van der Waals surface area contributed by atoms with E-state index in [4.69, 9.17) is 9.47 Å². The zero-order valence-electron chi connectivity index (χ0n) is 13.7. The number of hydrogen-bond acceptors (Lipinski definition) is 4. The van der Waals surface area contributed by atoms with Gasteiger partial charge in [-0.3, -0.25) is 0 Å². The monoisotopic (exact) mass is 302 g/mol. The van der Waals surface area contributed by atoms with E-state index in [1.807, 2.05) is 52.0 Å². The molecule has 0 bridgehead atoms. The molecule has 0 spiro atoms. The summed E-state index contributed by atoms with van der Waals surface area (Å²) in [6.07, 6.45) is 1.56. The second-order valence-electron chi connectivity index (χ2n) is 6.08. The largest absolute Gasteiger partial charge is 0.461 e. The number of ether oxygens (including phenoxy) is 2. The number of benzene rings is 1. The number of hydrogen-bond donors (Lipinski definition) is 0. The normalized spacial score (nSPS) is 11.3. The van der Waals surface area contributed by atoms with Crippen molar-refractivity contribution >= 4 is 5.97 Å². The standard InChI is InChI=1S/C17H22N2O3/c1-6-21-16(20)15-14(11-18-19(15)17(3,4)5)22-13-9-7-8-12(2)10-13/h7-11H,6H2,1-5H3. The van der Waals surface area contributed by atoms with Gasteiger partial charge in [-0.2, -0.15) is 5.10 Å². The number of carbonyl (C=O) groups excluding carboxylic acids is 1. The zero-order chi connectivity index (χ0) is 16.3. The molecule has 0 radical (unpaired) electrons. The van der Waals surface area contributed by atoms with Crippen molar-refractivity contribution in [2.24, 2.45) is 0 Å². The number of carbonyl (C=O) groups is 1. The summed E-state index contributed by atoms with van der Waals surface area (Å²) >= 11 is 0. The van der Waals surface area contributed by atoms with E-state index in [-0.39, 0.29) is 5.54 Å². The molecule has 0 unspecified atom stereocenters. The molecule has 0 aliphatic carbocycles. The summed E-state index contributed by atoms with van der Waals surface area (Å²) in [5, 5.41) is 4.30. The summed E-state index contributed by atoms with van der Waals surface area (Å²) in [5.74, 6) is 0.635. The molecule has 1 heterocycles. The fourth-order valence-corrected chi connectivity index (χ4v) is 2.11. The van der Waals surface area contributed by atoms with Crippen LogP contribution < -0.4 is 4.74 Å². The van der Waals surface area contributed by atoms with Crippen LogP contribution in [0.25, 0.3) is 0 Å². The van der Waals surface area contributed by atoms with Crippen molar-refractivity contribution in [3.8, 4) is 11.5 Å². The van der Waals surface area contributed by atoms with Crippen LogP contribution in [0.4, 0.5) is 0 Å². The molecule has 5 heteroatoms. The SMILES string of the molecule is CCOC(=O)c1c(Oc2cccc(C)c2)cnn1C(C)(C)C. The summed E-state index contributed by atoms with van der Waals surface area (Å²) in [5.41, 5.74) is 1.06. The molecule has 5 nitrogen and oxygen atoms in total. The maximum atomic E-state index is 12.3. The van der Waals surface area contributed by atoms with Crippen LogP contribution in [0.5, 0.6) is 11.5 Å². The number of esters is 1. The molecule has 118 valence electrons. The minimum absolute atomic E-state index is 0.304. The topological polar surface area (TPSA) is 53.4 Å². The van der Waals surface area contributed by atoms with E-state index in [9.17, 15) is 4.79 Å². The first-order chi connectivity index (χ1) is 10.3. The number of rotatable bonds is 4. The molecule has 0 saturated heterocycles. The quantitative estimate of drug-likeness (QED) is 0.803. The third-order valence-electron chi connectivity index (χ3n) is 3.06. The number of nitrogens with zero attached hydrogens (tertiary/aromatic N) is 2. The molecule has 22 heavy (non-hydrogen) atoms. The van der Waals surface area contributed by atoms with Crippen LogP contribution in [0.3, 0.4) is 0 Å². The van der Waals surface area contributed by atoms with Gasteiger partial charge in [-0.25, -0.2) is 9.48 Å². The van der Waals surface area contributed by atoms with E-state index in [0.717, 1.165) is 5.56 Å². The van der Waals surface area contributed by atoms with Crippen molar-refractivity contribution in [2.45, 2.75) is 40.2 Å². The zero-order valence-corrected chi connectivity index (χ0v) is 13.7. The predicted molar refractivity (Wildman–Crippen MR) is 84.4 cm³/mol. The van der Waals surface area contributed by atoms with Gasteiger partial charge < -0.3 is 9.47 Å². The van der Waals surface area contributed by atoms with Gasteiger partial charge in [0.25, 0.3) is 0 Å². The highest BCUT2D eigenvalue weighted by Crippen LogP contribution is 2.29. The van der Waals surface area contributed by atoms with E-state index in [0.29, 0.717) is 23.8 Å². The summed E-state index contributed by atoms with van der Waals surface area (Å²) in [4.78, 5) is 12.3. The van der Waals surface area contributed by atoms with E-state index in [1.54, 1.807) is 17.8 Å². The average molecular weight is 302 g/mol. The maximum Gasteiger partial charge on any atom is 0.360 e. The van der Waals surface area contributed by atoms with Crippen LogP contribution in [0.15, 0.2) is 30.5 Å². The van der Waals surface area contributed by atoms with Crippen molar-refractivity contribution in [3.05, 3.63) is 41.7 Å². The van der Waals surface area contributed by atoms with Crippen LogP contribution in [-0.2, 0) is 10.3 Å². The first kappa shape index (κ1) is 16.1. The molecular formula is C17H22N2O3. The Kier molecular flexibility index (Phi) is 4.54. The minimum Gasteiger partial charge on any atom is -0.461 e. The lowest BCUT2D eigenvalue weighted by atomic mass is 10.1. The van der Waals surface area contributed by atoms with Crippen molar-refractivity contribution in [3.63, 3.8) is 0 Å². The Balaban J connectivity index is 2.43. The molecule has 1 aromatic carbocycles. The third kappa shape index (κ3) is 3.47. The molecule has 2 rings (SSSR count). The Morgan fingerprint density at radius 2 is 2.05 bits per heavy atom. The molecule has 1 aromatic heterocycles. The van der Waals surface area contributed by atoms with Gasteiger partial charge in [0, 0.05) is 0 Å². The first-order valence-corrected chi connectivity index (χ1v) is 7.33. The summed E-state index contributed by atoms with van der Waals surface area (Å²) in [6, 6.07) is 7.64. The Hall–Kier alpha value is -2.30. The van der Waals surface area contributed by atoms with Crippen molar-refractivity contribution in [1.82, 2.24) is 9.78 Å². The summed E-state index contributed by atoms with van der Waals surface area (Å²) in [6.45, 7) is 9.98. The molecule has 0 fully saturated rings. The van der Waals surface area contributed by atoms with Gasteiger partial charge in [0.1, 0.15) is 5.75 Å². The highest BCUT2D eigenvalue weighted by Gasteiger charge is 2.28. The smallest absolute Gasteiger partial charge is 0.360 e. The molecule has 0 amide bonds. The van der Waals surface area contributed by atoms with Crippen LogP contribution in [-0.4, -0.2) is 22.4 Å². The third-order valence-corrected chi connectivity index (χ3v) is 3.06. The van der Waals surface area contributed by atoms with E-state index in [2.05, 4.69) is 5.10 Å². The highest BCUT2D eigenvalue weighted by molar-refractivity contribution is 5.90. The Labute approximate surface area is 130 Å². The van der Waals surface area contributed by atoms with Gasteiger partial charge in [-0.1, -0.05) is 12.1 Å². The fourth-order valence-electron chi connectivity index (χ4n) is 2.11. The predicted octanol–water partition coefficient (Wildman–Crippen LogP) is 3.92. The van der Waals surface area contributed by atoms with Gasteiger partial charge in [0.2, 0.25) is 0 Å². The molecule has 0 N–H and O–H groups in total. The van der Waals surface area contributed by atoms with E-state index < -0.39 is 5.97 Å². The average Bonchev–Trinajstić information content (AvgIpc) is 2.82. The van der Waals surface area contributed by atoms with Crippen LogP contribution >= 0.6 is 0 Å². The van der Waals surface area contributed by atoms with Crippen LogP contribution in [0.2, 0.25) is 0 Å². The Morgan fingerprint density at radius 3 is 2.64 bits per heavy atom. The van der Waals surface area contributed by atoms with Crippen molar-refractivity contribution < 1.29 is 14.3 Å². The maximum absolute atomic E-state index is 12.3. The second kappa shape index (κ2) is 6.22. The van der Waals surface area contributed by atoms with E-state index >= 15 is 0 Å².